The van der Waals surface area contributed by atoms with Gasteiger partial charge in [-0.3, -0.25) is 0 Å². The Kier molecular flexibility index (Phi) is 6.59. The van der Waals surface area contributed by atoms with E-state index in [4.69, 9.17) is 5.26 Å². The molecule has 0 bridgehead atoms. The van der Waals surface area contributed by atoms with Gasteiger partial charge in [0, 0.05) is 18.7 Å². The molecule has 1 rings (SSSR count). The Hall–Kier alpha value is -1.75. The lowest BCUT2D eigenvalue weighted by molar-refractivity contribution is 1.01. The Balaban J connectivity index is 2.30. The predicted molar refractivity (Wildman–Crippen MR) is 72.9 cm³/mol. The third kappa shape index (κ3) is 5.77. The molecule has 1 N–H and O–H groups in total. The standard InChI is InChI=1S/C15H20N2/c1-2-3-4-5-13-17-15-10-8-14(9-11-15)7-6-12-16/h3-4,8-11,17H,2,5-7,13H2,1H3. The molecule has 2 nitrogen and oxygen atoms in total. The largest absolute Gasteiger partial charge is 0.385 e. The summed E-state index contributed by atoms with van der Waals surface area (Å²) in [7, 11) is 0. The van der Waals surface area contributed by atoms with Crippen molar-refractivity contribution in [1.82, 2.24) is 0 Å². The summed E-state index contributed by atoms with van der Waals surface area (Å²) in [5.74, 6) is 0. The number of anilines is 1. The van der Waals surface area contributed by atoms with Crippen molar-refractivity contribution in [3.8, 4) is 6.07 Å². The van der Waals surface area contributed by atoms with Gasteiger partial charge in [-0.1, -0.05) is 31.2 Å². The minimum Gasteiger partial charge on any atom is -0.385 e. The van der Waals surface area contributed by atoms with Gasteiger partial charge in [-0.25, -0.2) is 0 Å². The molecule has 17 heavy (non-hydrogen) atoms. The fraction of sp³-hybridized carbons (Fsp3) is 0.400. The second kappa shape index (κ2) is 8.41. The van der Waals surface area contributed by atoms with Gasteiger partial charge in [0.25, 0.3) is 0 Å². The third-order valence-corrected chi connectivity index (χ3v) is 2.52. The summed E-state index contributed by atoms with van der Waals surface area (Å²) in [4.78, 5) is 0. The number of nitriles is 1. The zero-order valence-corrected chi connectivity index (χ0v) is 10.4. The van der Waals surface area contributed by atoms with Crippen LogP contribution in [0.15, 0.2) is 36.4 Å². The van der Waals surface area contributed by atoms with Crippen LogP contribution in [-0.4, -0.2) is 6.54 Å². The van der Waals surface area contributed by atoms with Gasteiger partial charge >= 0.3 is 0 Å². The van der Waals surface area contributed by atoms with E-state index >= 15 is 0 Å². The van der Waals surface area contributed by atoms with Crippen LogP contribution in [0.4, 0.5) is 5.69 Å². The average Bonchev–Trinajstić information content (AvgIpc) is 2.37. The predicted octanol–water partition coefficient (Wildman–Crippen LogP) is 3.91. The first-order chi connectivity index (χ1) is 8.36. The lowest BCUT2D eigenvalue weighted by Gasteiger charge is -2.05. The van der Waals surface area contributed by atoms with E-state index in [0.29, 0.717) is 6.42 Å². The molecule has 0 saturated carbocycles. The van der Waals surface area contributed by atoms with E-state index in [2.05, 4.69) is 54.7 Å². The molecule has 0 unspecified atom stereocenters. The van der Waals surface area contributed by atoms with E-state index in [1.165, 1.54) is 5.56 Å². The van der Waals surface area contributed by atoms with Crippen molar-refractivity contribution >= 4 is 5.69 Å². The molecule has 0 fully saturated rings. The van der Waals surface area contributed by atoms with Crippen molar-refractivity contribution in [3.05, 3.63) is 42.0 Å². The first kappa shape index (κ1) is 13.3. The van der Waals surface area contributed by atoms with Gasteiger partial charge in [-0.15, -0.1) is 0 Å². The molecule has 0 saturated heterocycles. The lowest BCUT2D eigenvalue weighted by atomic mass is 10.1. The molecule has 0 aliphatic rings. The summed E-state index contributed by atoms with van der Waals surface area (Å²) >= 11 is 0. The van der Waals surface area contributed by atoms with Crippen molar-refractivity contribution in [2.24, 2.45) is 0 Å². The number of benzene rings is 1. The van der Waals surface area contributed by atoms with E-state index in [1.807, 2.05) is 0 Å². The molecule has 0 aliphatic heterocycles. The highest BCUT2D eigenvalue weighted by molar-refractivity contribution is 5.44. The number of aryl methyl sites for hydroxylation is 1. The van der Waals surface area contributed by atoms with Crippen molar-refractivity contribution in [1.29, 1.82) is 5.26 Å². The fourth-order valence-corrected chi connectivity index (χ4v) is 1.57. The summed E-state index contributed by atoms with van der Waals surface area (Å²) in [6.45, 7) is 3.11. The molecular formula is C15H20N2. The Morgan fingerprint density at radius 2 is 2.00 bits per heavy atom. The molecule has 1 aromatic carbocycles. The summed E-state index contributed by atoms with van der Waals surface area (Å²) < 4.78 is 0. The minimum atomic E-state index is 0.592. The zero-order chi connectivity index (χ0) is 12.3. The maximum atomic E-state index is 8.50. The Morgan fingerprint density at radius 3 is 2.65 bits per heavy atom. The highest BCUT2D eigenvalue weighted by Crippen LogP contribution is 2.10. The molecule has 0 aliphatic carbocycles. The van der Waals surface area contributed by atoms with Gasteiger partial charge in [-0.2, -0.15) is 5.26 Å². The van der Waals surface area contributed by atoms with Gasteiger partial charge in [-0.05, 0) is 37.0 Å². The maximum absolute atomic E-state index is 8.50. The van der Waals surface area contributed by atoms with Crippen molar-refractivity contribution in [2.75, 3.05) is 11.9 Å². The second-order valence-corrected chi connectivity index (χ2v) is 3.95. The molecule has 0 radical (unpaired) electrons. The number of hydrogen-bond acceptors (Lipinski definition) is 2. The Labute approximate surface area is 104 Å². The van der Waals surface area contributed by atoms with Crippen molar-refractivity contribution < 1.29 is 0 Å². The first-order valence-electron chi connectivity index (χ1n) is 6.21. The zero-order valence-electron chi connectivity index (χ0n) is 10.4. The molecule has 1 aromatic rings. The van der Waals surface area contributed by atoms with Crippen LogP contribution >= 0.6 is 0 Å². The quantitative estimate of drug-likeness (QED) is 0.567. The van der Waals surface area contributed by atoms with E-state index in [0.717, 1.165) is 31.5 Å². The molecule has 0 heterocycles. The third-order valence-electron chi connectivity index (χ3n) is 2.52. The van der Waals surface area contributed by atoms with Crippen LogP contribution in [0.5, 0.6) is 0 Å². The van der Waals surface area contributed by atoms with Crippen LogP contribution in [0.1, 0.15) is 31.7 Å². The fourth-order valence-electron chi connectivity index (χ4n) is 1.57. The highest BCUT2D eigenvalue weighted by Gasteiger charge is 1.93. The monoisotopic (exact) mass is 228 g/mol. The molecule has 0 aromatic heterocycles. The van der Waals surface area contributed by atoms with E-state index in [1.54, 1.807) is 0 Å². The first-order valence-corrected chi connectivity index (χ1v) is 6.21. The van der Waals surface area contributed by atoms with E-state index in [-0.39, 0.29) is 0 Å². The number of rotatable bonds is 7. The summed E-state index contributed by atoms with van der Waals surface area (Å²) in [6, 6.07) is 10.5. The van der Waals surface area contributed by atoms with E-state index < -0.39 is 0 Å². The molecule has 0 spiro atoms. The molecule has 0 amide bonds. The van der Waals surface area contributed by atoms with Crippen molar-refractivity contribution in [3.63, 3.8) is 0 Å². The van der Waals surface area contributed by atoms with Crippen LogP contribution in [0.2, 0.25) is 0 Å². The maximum Gasteiger partial charge on any atom is 0.0625 e. The Bertz CT molecular complexity index is 371. The van der Waals surface area contributed by atoms with Gasteiger partial charge < -0.3 is 5.32 Å². The number of nitrogens with one attached hydrogen (secondary N) is 1. The molecule has 0 atom stereocenters. The summed E-state index contributed by atoms with van der Waals surface area (Å²) in [5, 5.41) is 11.9. The number of nitrogens with zero attached hydrogens (tertiary/aromatic N) is 1. The molecule has 90 valence electrons. The molecule has 2 heteroatoms. The van der Waals surface area contributed by atoms with Crippen LogP contribution in [0, 0.1) is 11.3 Å². The van der Waals surface area contributed by atoms with Gasteiger partial charge in [0.2, 0.25) is 0 Å². The number of hydrogen-bond donors (Lipinski definition) is 1. The normalized spacial score (nSPS) is 10.4. The van der Waals surface area contributed by atoms with Gasteiger partial charge in [0.15, 0.2) is 0 Å². The van der Waals surface area contributed by atoms with Crippen LogP contribution in [-0.2, 0) is 6.42 Å². The smallest absolute Gasteiger partial charge is 0.0625 e. The van der Waals surface area contributed by atoms with E-state index in [9.17, 15) is 0 Å². The SMILES string of the molecule is CCC=CCCNc1ccc(CCC#N)cc1. The Morgan fingerprint density at radius 1 is 1.24 bits per heavy atom. The summed E-state index contributed by atoms with van der Waals surface area (Å²) in [6.07, 6.45) is 7.99. The van der Waals surface area contributed by atoms with Crippen LogP contribution in [0.3, 0.4) is 0 Å². The number of allylic oxidation sites excluding steroid dienone is 1. The minimum absolute atomic E-state index is 0.592. The van der Waals surface area contributed by atoms with Gasteiger partial charge in [0.05, 0.1) is 6.07 Å². The topological polar surface area (TPSA) is 35.8 Å². The van der Waals surface area contributed by atoms with Crippen LogP contribution in [0.25, 0.3) is 0 Å². The average molecular weight is 228 g/mol. The summed E-state index contributed by atoms with van der Waals surface area (Å²) in [5.41, 5.74) is 2.37. The lowest BCUT2D eigenvalue weighted by Crippen LogP contribution is -1.99. The molecular weight excluding hydrogens is 208 g/mol. The highest BCUT2D eigenvalue weighted by atomic mass is 14.9. The second-order valence-electron chi connectivity index (χ2n) is 3.95. The van der Waals surface area contributed by atoms with Crippen LogP contribution < -0.4 is 5.32 Å². The van der Waals surface area contributed by atoms with Crippen molar-refractivity contribution in [2.45, 2.75) is 32.6 Å². The van der Waals surface area contributed by atoms with Gasteiger partial charge in [0.1, 0.15) is 0 Å².